The number of carbonyl (C=O) groups excluding carboxylic acids is 1. The van der Waals surface area contributed by atoms with Gasteiger partial charge in [0.05, 0.1) is 12.9 Å². The van der Waals surface area contributed by atoms with Crippen LogP contribution in [0.1, 0.15) is 33.8 Å². The predicted octanol–water partition coefficient (Wildman–Crippen LogP) is 2.50. The average molecular weight is 452 g/mol. The van der Waals surface area contributed by atoms with Crippen molar-refractivity contribution in [3.05, 3.63) is 59.2 Å². The van der Waals surface area contributed by atoms with Crippen molar-refractivity contribution in [1.82, 2.24) is 10.6 Å². The molecule has 2 aromatic rings. The van der Waals surface area contributed by atoms with Gasteiger partial charge in [0, 0.05) is 30.3 Å². The zero-order valence-electron chi connectivity index (χ0n) is 16.7. The van der Waals surface area contributed by atoms with E-state index in [0.717, 1.165) is 31.3 Å². The normalized spacial score (nSPS) is 20.6. The minimum absolute atomic E-state index is 0. The number of sulfonamides is 1. The maximum Gasteiger partial charge on any atom is 0.252 e. The molecule has 2 aromatic carbocycles. The summed E-state index contributed by atoms with van der Waals surface area (Å²) in [6.45, 7) is 2.90. The van der Waals surface area contributed by atoms with Crippen molar-refractivity contribution < 1.29 is 17.9 Å². The van der Waals surface area contributed by atoms with Crippen molar-refractivity contribution in [1.29, 1.82) is 0 Å². The van der Waals surface area contributed by atoms with Crippen LogP contribution in [0.5, 0.6) is 5.75 Å². The summed E-state index contributed by atoms with van der Waals surface area (Å²) >= 11 is 0. The van der Waals surface area contributed by atoms with Gasteiger partial charge in [0.25, 0.3) is 5.91 Å². The van der Waals surface area contributed by atoms with Crippen LogP contribution in [0.4, 0.5) is 5.69 Å². The smallest absolute Gasteiger partial charge is 0.252 e. The van der Waals surface area contributed by atoms with E-state index in [1.165, 1.54) is 5.56 Å². The van der Waals surface area contributed by atoms with Crippen LogP contribution >= 0.6 is 12.4 Å². The molecule has 0 aromatic heterocycles. The third kappa shape index (κ3) is 5.24. The fraction of sp³-hybridized carbons (Fsp3) is 0.381. The molecular weight excluding hydrogens is 426 g/mol. The van der Waals surface area contributed by atoms with Gasteiger partial charge < -0.3 is 15.4 Å². The van der Waals surface area contributed by atoms with Crippen molar-refractivity contribution in [3.8, 4) is 5.75 Å². The van der Waals surface area contributed by atoms with Crippen molar-refractivity contribution in [2.75, 3.05) is 30.7 Å². The Bertz CT molecular complexity index is 1010. The molecule has 7 nitrogen and oxygen atoms in total. The highest BCUT2D eigenvalue weighted by Crippen LogP contribution is 2.32. The SMILES string of the molecule is CS(=O)(=O)Nc1ccc([C@@H]2CCNC[C@H]2COc2ccc3c(c2)C(=O)NC3)cc1.Cl. The molecule has 162 valence electrons. The van der Waals surface area contributed by atoms with E-state index < -0.39 is 10.0 Å². The van der Waals surface area contributed by atoms with Crippen molar-refractivity contribution in [3.63, 3.8) is 0 Å². The van der Waals surface area contributed by atoms with Crippen LogP contribution in [0, 0.1) is 5.92 Å². The minimum atomic E-state index is -3.28. The first kappa shape index (κ1) is 22.4. The Kier molecular flexibility index (Phi) is 6.90. The molecule has 0 unspecified atom stereocenters. The molecule has 0 spiro atoms. The van der Waals surface area contributed by atoms with Crippen molar-refractivity contribution in [2.45, 2.75) is 18.9 Å². The van der Waals surface area contributed by atoms with Gasteiger partial charge in [0.2, 0.25) is 10.0 Å². The molecule has 0 bridgehead atoms. The van der Waals surface area contributed by atoms with E-state index in [4.69, 9.17) is 4.74 Å². The monoisotopic (exact) mass is 451 g/mol. The first-order valence-corrected chi connectivity index (χ1v) is 11.6. The van der Waals surface area contributed by atoms with Crippen LogP contribution in [0.3, 0.4) is 0 Å². The zero-order chi connectivity index (χ0) is 20.4. The molecular formula is C21H26ClN3O4S. The maximum atomic E-state index is 11.9. The Balaban J connectivity index is 0.00000256. The highest BCUT2D eigenvalue weighted by atomic mass is 35.5. The van der Waals surface area contributed by atoms with Crippen LogP contribution in [0.15, 0.2) is 42.5 Å². The Morgan fingerprint density at radius 2 is 1.93 bits per heavy atom. The van der Waals surface area contributed by atoms with Gasteiger partial charge in [0.1, 0.15) is 5.75 Å². The summed E-state index contributed by atoms with van der Waals surface area (Å²) in [6, 6.07) is 13.2. The fourth-order valence-corrected chi connectivity index (χ4v) is 4.60. The van der Waals surface area contributed by atoms with Gasteiger partial charge >= 0.3 is 0 Å². The van der Waals surface area contributed by atoms with Gasteiger partial charge in [-0.2, -0.15) is 0 Å². The summed E-state index contributed by atoms with van der Waals surface area (Å²) in [5, 5.41) is 6.24. The van der Waals surface area contributed by atoms with Crippen LogP contribution < -0.4 is 20.1 Å². The molecule has 30 heavy (non-hydrogen) atoms. The molecule has 2 atom stereocenters. The lowest BCUT2D eigenvalue weighted by Gasteiger charge is -2.32. The number of amides is 1. The molecule has 4 rings (SSSR count). The van der Waals surface area contributed by atoms with E-state index in [0.29, 0.717) is 36.1 Å². The zero-order valence-corrected chi connectivity index (χ0v) is 18.3. The number of anilines is 1. The molecule has 0 radical (unpaired) electrons. The molecule has 0 aliphatic carbocycles. The maximum absolute atomic E-state index is 11.9. The van der Waals surface area contributed by atoms with Crippen molar-refractivity contribution in [2.24, 2.45) is 5.92 Å². The van der Waals surface area contributed by atoms with E-state index >= 15 is 0 Å². The third-order valence-electron chi connectivity index (χ3n) is 5.48. The molecule has 0 saturated carbocycles. The number of hydrogen-bond donors (Lipinski definition) is 3. The van der Waals surface area contributed by atoms with E-state index in [9.17, 15) is 13.2 Å². The first-order valence-electron chi connectivity index (χ1n) is 9.71. The van der Waals surface area contributed by atoms with E-state index in [1.54, 1.807) is 12.1 Å². The third-order valence-corrected chi connectivity index (χ3v) is 6.09. The molecule has 1 amide bonds. The molecule has 9 heteroatoms. The summed E-state index contributed by atoms with van der Waals surface area (Å²) in [5.41, 5.74) is 3.43. The van der Waals surface area contributed by atoms with Gasteiger partial charge in [-0.25, -0.2) is 8.42 Å². The highest BCUT2D eigenvalue weighted by Gasteiger charge is 2.27. The number of nitrogens with one attached hydrogen (secondary N) is 3. The van der Waals surface area contributed by atoms with E-state index in [2.05, 4.69) is 15.4 Å². The van der Waals surface area contributed by atoms with Crippen molar-refractivity contribution >= 4 is 34.0 Å². The minimum Gasteiger partial charge on any atom is -0.493 e. The Morgan fingerprint density at radius 3 is 2.67 bits per heavy atom. The number of carbonyl (C=O) groups is 1. The molecule has 2 heterocycles. The largest absolute Gasteiger partial charge is 0.493 e. The quantitative estimate of drug-likeness (QED) is 0.627. The second-order valence-electron chi connectivity index (χ2n) is 7.67. The summed E-state index contributed by atoms with van der Waals surface area (Å²) in [4.78, 5) is 11.9. The van der Waals surface area contributed by atoms with E-state index in [-0.39, 0.29) is 24.2 Å². The Labute approximate surface area is 183 Å². The summed E-state index contributed by atoms with van der Waals surface area (Å²) in [5.74, 6) is 1.25. The lowest BCUT2D eigenvalue weighted by Crippen LogP contribution is -2.38. The lowest BCUT2D eigenvalue weighted by atomic mass is 9.81. The topological polar surface area (TPSA) is 96.5 Å². The molecule has 2 aliphatic rings. The number of piperidine rings is 1. The number of ether oxygens (including phenoxy) is 1. The second kappa shape index (κ2) is 9.24. The predicted molar refractivity (Wildman–Crippen MR) is 119 cm³/mol. The Morgan fingerprint density at radius 1 is 1.17 bits per heavy atom. The molecule has 3 N–H and O–H groups in total. The number of fused-ring (bicyclic) bond motifs is 1. The molecule has 2 aliphatic heterocycles. The molecule has 1 saturated heterocycles. The van der Waals surface area contributed by atoms with Gasteiger partial charge in [-0.3, -0.25) is 9.52 Å². The highest BCUT2D eigenvalue weighted by molar-refractivity contribution is 7.92. The lowest BCUT2D eigenvalue weighted by molar-refractivity contribution is 0.0965. The van der Waals surface area contributed by atoms with Crippen LogP contribution in [0.2, 0.25) is 0 Å². The summed E-state index contributed by atoms with van der Waals surface area (Å²) in [7, 11) is -3.28. The van der Waals surface area contributed by atoms with Gasteiger partial charge in [-0.15, -0.1) is 12.4 Å². The number of halogens is 1. The van der Waals surface area contributed by atoms with Gasteiger partial charge in [-0.1, -0.05) is 18.2 Å². The molecule has 1 fully saturated rings. The second-order valence-corrected chi connectivity index (χ2v) is 9.42. The average Bonchev–Trinajstić information content (AvgIpc) is 3.06. The van der Waals surface area contributed by atoms with Crippen LogP contribution in [-0.4, -0.2) is 40.3 Å². The van der Waals surface area contributed by atoms with Crippen LogP contribution in [0.25, 0.3) is 0 Å². The first-order chi connectivity index (χ1) is 13.9. The fourth-order valence-electron chi connectivity index (χ4n) is 4.03. The number of benzene rings is 2. The van der Waals surface area contributed by atoms with Gasteiger partial charge in [0.15, 0.2) is 0 Å². The Hall–Kier alpha value is -2.29. The summed E-state index contributed by atoms with van der Waals surface area (Å²) in [6.07, 6.45) is 2.13. The van der Waals surface area contributed by atoms with Gasteiger partial charge in [-0.05, 0) is 54.3 Å². The van der Waals surface area contributed by atoms with Crippen LogP contribution in [-0.2, 0) is 16.6 Å². The number of rotatable bonds is 6. The summed E-state index contributed by atoms with van der Waals surface area (Å²) < 4.78 is 31.3. The van der Waals surface area contributed by atoms with E-state index in [1.807, 2.05) is 30.3 Å². The standard InChI is InChI=1S/C21H25N3O4S.ClH/c1-29(26,27)24-17-5-2-14(3-6-17)19-8-9-22-11-16(19)13-28-18-7-4-15-12-23-21(25)20(15)10-18;/h2-7,10,16,19,22,24H,8-9,11-13H2,1H3,(H,23,25);1H/t16-,19-;/m0./s1. The number of hydrogen-bond acceptors (Lipinski definition) is 5.